The number of allylic oxidation sites excluding steroid dienone is 3. The van der Waals surface area contributed by atoms with Crippen molar-refractivity contribution in [3.8, 4) is 11.1 Å². The van der Waals surface area contributed by atoms with Crippen LogP contribution < -0.4 is 10.6 Å². The molecule has 4 unspecified atom stereocenters. The Labute approximate surface area is 225 Å². The number of aromatic nitrogens is 1. The van der Waals surface area contributed by atoms with E-state index in [1.807, 2.05) is 26.1 Å². The largest absolute Gasteiger partial charge is 0.360 e. The van der Waals surface area contributed by atoms with Crippen LogP contribution in [0.4, 0.5) is 5.69 Å². The third-order valence-electron chi connectivity index (χ3n) is 7.84. The second-order valence-electron chi connectivity index (χ2n) is 10.7. The van der Waals surface area contributed by atoms with Gasteiger partial charge in [0.1, 0.15) is 11.5 Å². The first kappa shape index (κ1) is 23.3. The molecule has 6 nitrogen and oxygen atoms in total. The standard InChI is InChI=1S/C31H29N5OS/c1-16(2)31(37)34-21-10-20(14-32-15-21)18-7-8-22-17(3)33-28(24(22)11-18)30-35-25-13-19-12-23(19)27(29(25)36-30)26-6-5-9-38(26)4/h5,7-11,13-16,25-26,29H,3-4,6,12H2,1-2H3,(H,34,37)(H,35,36). The van der Waals surface area contributed by atoms with Gasteiger partial charge in [-0.3, -0.25) is 14.8 Å². The first-order valence-electron chi connectivity index (χ1n) is 13.0. The molecular formula is C31H29N5OS. The van der Waals surface area contributed by atoms with Crippen molar-refractivity contribution >= 4 is 45.2 Å². The summed E-state index contributed by atoms with van der Waals surface area (Å²) in [6, 6.07) is 8.47. The molecule has 1 fully saturated rings. The number of amidine groups is 1. The fraction of sp³-hybridized carbons (Fsp3) is 0.258. The van der Waals surface area contributed by atoms with Gasteiger partial charge in [-0.1, -0.05) is 50.6 Å². The highest BCUT2D eigenvalue weighted by molar-refractivity contribution is 8.17. The molecule has 38 heavy (non-hydrogen) atoms. The number of carbonyl (C=O) groups is 1. The summed E-state index contributed by atoms with van der Waals surface area (Å²) in [5.74, 6) is 5.12. The lowest BCUT2D eigenvalue weighted by Gasteiger charge is -2.26. The Bertz CT molecular complexity index is 1620. The van der Waals surface area contributed by atoms with E-state index >= 15 is 0 Å². The highest BCUT2D eigenvalue weighted by atomic mass is 32.2. The van der Waals surface area contributed by atoms with Crippen molar-refractivity contribution in [1.82, 2.24) is 10.3 Å². The number of rotatable bonds is 5. The molecule has 0 saturated heterocycles. The van der Waals surface area contributed by atoms with Crippen LogP contribution >= 0.6 is 10.5 Å². The maximum atomic E-state index is 12.2. The van der Waals surface area contributed by atoms with Gasteiger partial charge in [0.2, 0.25) is 5.91 Å². The number of nitrogens with one attached hydrogen (secondary N) is 2. The minimum absolute atomic E-state index is 0.0110. The zero-order valence-corrected chi connectivity index (χ0v) is 22.3. The van der Waals surface area contributed by atoms with Crippen molar-refractivity contribution in [2.75, 3.05) is 5.32 Å². The second-order valence-corrected chi connectivity index (χ2v) is 12.5. The number of hydrogen-bond donors (Lipinski definition) is 2. The molecule has 2 aromatic rings. The van der Waals surface area contributed by atoms with Crippen LogP contribution in [-0.4, -0.2) is 45.6 Å². The molecular weight excluding hydrogens is 490 g/mol. The third kappa shape index (κ3) is 3.76. The number of carbonyl (C=O) groups excluding carboxylic acids is 1. The number of anilines is 1. The number of benzene rings is 1. The Balaban J connectivity index is 1.21. The van der Waals surface area contributed by atoms with Gasteiger partial charge in [-0.25, -0.2) is 4.99 Å². The molecule has 2 aliphatic carbocycles. The monoisotopic (exact) mass is 519 g/mol. The summed E-state index contributed by atoms with van der Waals surface area (Å²) < 4.78 is 0. The molecule has 1 amide bonds. The molecule has 1 aromatic heterocycles. The van der Waals surface area contributed by atoms with Crippen molar-refractivity contribution in [2.24, 2.45) is 15.9 Å². The van der Waals surface area contributed by atoms with Crippen LogP contribution in [0.5, 0.6) is 0 Å². The Morgan fingerprint density at radius 2 is 2.05 bits per heavy atom. The zero-order valence-electron chi connectivity index (χ0n) is 21.5. The van der Waals surface area contributed by atoms with Gasteiger partial charge in [0.25, 0.3) is 0 Å². The Morgan fingerprint density at radius 1 is 1.18 bits per heavy atom. The van der Waals surface area contributed by atoms with Gasteiger partial charge in [-0.15, -0.1) is 0 Å². The summed E-state index contributed by atoms with van der Waals surface area (Å²) in [5, 5.41) is 9.36. The van der Waals surface area contributed by atoms with E-state index in [0.717, 1.165) is 52.3 Å². The van der Waals surface area contributed by atoms with E-state index in [2.05, 4.69) is 63.8 Å². The van der Waals surface area contributed by atoms with Crippen LogP contribution in [-0.2, 0) is 4.79 Å². The predicted octanol–water partition coefficient (Wildman–Crippen LogP) is 5.48. The maximum absolute atomic E-state index is 12.2. The smallest absolute Gasteiger partial charge is 0.226 e. The summed E-state index contributed by atoms with van der Waals surface area (Å²) in [6.45, 7) is 7.96. The van der Waals surface area contributed by atoms with E-state index in [1.54, 1.807) is 6.20 Å². The molecule has 0 spiro atoms. The van der Waals surface area contributed by atoms with Gasteiger partial charge in [0.15, 0.2) is 0 Å². The molecule has 1 aromatic carbocycles. The third-order valence-corrected chi connectivity index (χ3v) is 9.56. The fourth-order valence-electron chi connectivity index (χ4n) is 5.76. The molecule has 5 aliphatic rings. The topological polar surface area (TPSA) is 78.7 Å². The van der Waals surface area contributed by atoms with Gasteiger partial charge in [-0.2, -0.15) is 10.5 Å². The summed E-state index contributed by atoms with van der Waals surface area (Å²) in [7, 11) is 0.0110. The van der Waals surface area contributed by atoms with Crippen LogP contribution in [0.1, 0.15) is 37.8 Å². The average Bonchev–Trinajstić information content (AvgIpc) is 3.18. The van der Waals surface area contributed by atoms with Gasteiger partial charge in [0, 0.05) is 34.1 Å². The molecule has 7 rings (SSSR count). The average molecular weight is 520 g/mol. The van der Waals surface area contributed by atoms with E-state index in [1.165, 1.54) is 16.7 Å². The lowest BCUT2D eigenvalue weighted by molar-refractivity contribution is -0.118. The number of hydrogen-bond acceptors (Lipinski definition) is 5. The van der Waals surface area contributed by atoms with E-state index in [-0.39, 0.29) is 34.4 Å². The van der Waals surface area contributed by atoms with Crippen LogP contribution in [0.3, 0.4) is 0 Å². The highest BCUT2D eigenvalue weighted by Gasteiger charge is 2.45. The SMILES string of the molecule is C=C1N=C(C2=NC3C(C4CC=CS4=C)=C4CC4=CC3N2)c2cc(-c3cncc(NC(=O)C(C)C)c3)ccc21. The molecule has 4 heterocycles. The molecule has 1 saturated carbocycles. The Morgan fingerprint density at radius 3 is 2.84 bits per heavy atom. The van der Waals surface area contributed by atoms with Crippen LogP contribution in [0, 0.1) is 5.92 Å². The zero-order chi connectivity index (χ0) is 26.1. The molecule has 0 radical (unpaired) electrons. The number of aliphatic imine (C=N–C) groups is 2. The van der Waals surface area contributed by atoms with Crippen LogP contribution in [0.25, 0.3) is 16.8 Å². The quantitative estimate of drug-likeness (QED) is 0.514. The normalized spacial score (nSPS) is 26.4. The number of amides is 1. The molecule has 3 aliphatic heterocycles. The van der Waals surface area contributed by atoms with Crippen molar-refractivity contribution in [2.45, 2.75) is 44.0 Å². The van der Waals surface area contributed by atoms with E-state index in [9.17, 15) is 4.79 Å². The van der Waals surface area contributed by atoms with Gasteiger partial charge in [0.05, 0.1) is 29.7 Å². The van der Waals surface area contributed by atoms with E-state index in [0.29, 0.717) is 10.9 Å². The Hall–Kier alpha value is -3.84. The van der Waals surface area contributed by atoms with Crippen molar-refractivity contribution in [1.29, 1.82) is 0 Å². The summed E-state index contributed by atoms with van der Waals surface area (Å²) in [6.07, 6.45) is 10.3. The number of fused-ring (bicyclic) bond motifs is 3. The maximum Gasteiger partial charge on any atom is 0.226 e. The van der Waals surface area contributed by atoms with Crippen molar-refractivity contribution in [3.63, 3.8) is 0 Å². The first-order valence-corrected chi connectivity index (χ1v) is 14.5. The minimum atomic E-state index is -0.102. The van der Waals surface area contributed by atoms with Gasteiger partial charge in [-0.05, 0) is 52.7 Å². The Kier molecular flexibility index (Phi) is 5.27. The number of nitrogens with zero attached hydrogens (tertiary/aromatic N) is 3. The number of pyridine rings is 1. The lowest BCUT2D eigenvalue weighted by atomic mass is 9.92. The van der Waals surface area contributed by atoms with Crippen LogP contribution in [0.15, 0.2) is 87.5 Å². The summed E-state index contributed by atoms with van der Waals surface area (Å²) >= 11 is 0. The predicted molar refractivity (Wildman–Crippen MR) is 159 cm³/mol. The van der Waals surface area contributed by atoms with Crippen molar-refractivity contribution < 1.29 is 4.79 Å². The van der Waals surface area contributed by atoms with E-state index in [4.69, 9.17) is 9.98 Å². The molecule has 7 heteroatoms. The van der Waals surface area contributed by atoms with Gasteiger partial charge >= 0.3 is 0 Å². The summed E-state index contributed by atoms with van der Waals surface area (Å²) in [5.41, 5.74) is 10.7. The highest BCUT2D eigenvalue weighted by Crippen LogP contribution is 2.52. The molecule has 4 atom stereocenters. The molecule has 0 bridgehead atoms. The fourth-order valence-corrected chi connectivity index (χ4v) is 7.28. The lowest BCUT2D eigenvalue weighted by Crippen LogP contribution is -2.38. The molecule has 2 N–H and O–H groups in total. The summed E-state index contributed by atoms with van der Waals surface area (Å²) in [4.78, 5) is 26.7. The second kappa shape index (κ2) is 8.60. The van der Waals surface area contributed by atoms with E-state index < -0.39 is 0 Å². The molecule has 190 valence electrons. The van der Waals surface area contributed by atoms with Crippen molar-refractivity contribution in [3.05, 3.63) is 88.6 Å². The van der Waals surface area contributed by atoms with Crippen LogP contribution in [0.2, 0.25) is 0 Å². The first-order chi connectivity index (χ1) is 18.4. The minimum Gasteiger partial charge on any atom is -0.360 e. The van der Waals surface area contributed by atoms with Gasteiger partial charge < -0.3 is 10.6 Å².